The van der Waals surface area contributed by atoms with E-state index < -0.39 is 0 Å². The van der Waals surface area contributed by atoms with Crippen molar-refractivity contribution in [2.75, 3.05) is 5.12 Å². The number of rotatable bonds is 2. The minimum Gasteiger partial charge on any atom is -0.375 e. The van der Waals surface area contributed by atoms with Gasteiger partial charge >= 0.3 is 0 Å². The van der Waals surface area contributed by atoms with Crippen molar-refractivity contribution in [2.45, 2.75) is 6.92 Å². The Balaban J connectivity index is 2.82. The molecule has 1 aromatic rings. The number of nitrogens with one attached hydrogen (secondary N) is 1. The van der Waals surface area contributed by atoms with Crippen molar-refractivity contribution in [3.05, 3.63) is 29.8 Å². The fourth-order valence-corrected chi connectivity index (χ4v) is 1.11. The molecule has 1 aromatic carbocycles. The molecule has 0 aliphatic heterocycles. The molecule has 4 nitrogen and oxygen atoms in total. The van der Waals surface area contributed by atoms with Gasteiger partial charge in [0.2, 0.25) is 0 Å². The second-order valence-corrected chi connectivity index (χ2v) is 3.07. The van der Waals surface area contributed by atoms with Gasteiger partial charge in [0, 0.05) is 0 Å². The first-order valence-electron chi connectivity index (χ1n) is 3.78. The summed E-state index contributed by atoms with van der Waals surface area (Å²) in [5.74, 6) is 5.65. The highest BCUT2D eigenvalue weighted by Gasteiger charge is 2.03. The van der Waals surface area contributed by atoms with Gasteiger partial charge in [0.15, 0.2) is 5.11 Å². The molecular weight excluding hydrogens is 184 g/mol. The second kappa shape index (κ2) is 4.06. The maximum atomic E-state index is 5.65. The van der Waals surface area contributed by atoms with Crippen LogP contribution in [0, 0.1) is 6.92 Å². The van der Waals surface area contributed by atoms with E-state index in [0.29, 0.717) is 0 Å². The topological polar surface area (TPSA) is 67.3 Å². The first-order chi connectivity index (χ1) is 6.11. The van der Waals surface area contributed by atoms with E-state index in [9.17, 15) is 0 Å². The van der Waals surface area contributed by atoms with Crippen molar-refractivity contribution in [3.8, 4) is 0 Å². The average molecular weight is 196 g/mol. The Bertz CT molecular complexity index is 313. The van der Waals surface area contributed by atoms with Crippen molar-refractivity contribution < 1.29 is 0 Å². The summed E-state index contributed by atoms with van der Waals surface area (Å²) in [6, 6.07) is 7.66. The summed E-state index contributed by atoms with van der Waals surface area (Å²) >= 11 is 4.66. The number of benzene rings is 1. The summed E-state index contributed by atoms with van der Waals surface area (Å²) in [5.41, 5.74) is 9.79. The van der Waals surface area contributed by atoms with Gasteiger partial charge in [-0.25, -0.2) is 11.0 Å². The smallest absolute Gasteiger partial charge is 0.183 e. The highest BCUT2D eigenvalue weighted by atomic mass is 32.1. The highest BCUT2D eigenvalue weighted by molar-refractivity contribution is 7.80. The number of hydrogen-bond acceptors (Lipinski definition) is 3. The van der Waals surface area contributed by atoms with Gasteiger partial charge in [-0.1, -0.05) is 18.2 Å². The number of para-hydroxylation sites is 1. The van der Waals surface area contributed by atoms with E-state index in [4.69, 9.17) is 11.6 Å². The minimum atomic E-state index is 0.144. The molecule has 0 saturated heterocycles. The van der Waals surface area contributed by atoms with Crippen LogP contribution in [-0.4, -0.2) is 5.11 Å². The normalized spacial score (nSPS) is 9.38. The fourth-order valence-electron chi connectivity index (χ4n) is 1.01. The Morgan fingerprint density at radius 3 is 2.62 bits per heavy atom. The van der Waals surface area contributed by atoms with Gasteiger partial charge in [-0.15, -0.1) is 0 Å². The zero-order chi connectivity index (χ0) is 9.84. The number of nitrogens with two attached hydrogens (primary N) is 2. The van der Waals surface area contributed by atoms with Crippen LogP contribution in [0.4, 0.5) is 5.69 Å². The Kier molecular flexibility index (Phi) is 3.05. The largest absolute Gasteiger partial charge is 0.375 e. The van der Waals surface area contributed by atoms with Crippen LogP contribution >= 0.6 is 12.2 Å². The monoisotopic (exact) mass is 196 g/mol. The third-order valence-electron chi connectivity index (χ3n) is 1.61. The van der Waals surface area contributed by atoms with Crippen LogP contribution < -0.4 is 22.1 Å². The Hall–Kier alpha value is -1.33. The van der Waals surface area contributed by atoms with Gasteiger partial charge in [-0.2, -0.15) is 0 Å². The lowest BCUT2D eigenvalue weighted by Gasteiger charge is -2.20. The van der Waals surface area contributed by atoms with Gasteiger partial charge < -0.3 is 5.73 Å². The molecule has 0 aliphatic rings. The Morgan fingerprint density at radius 1 is 1.46 bits per heavy atom. The molecule has 0 unspecified atom stereocenters. The average Bonchev–Trinajstić information content (AvgIpc) is 2.03. The lowest BCUT2D eigenvalue weighted by molar-refractivity contribution is 0.811. The molecule has 0 amide bonds. The van der Waals surface area contributed by atoms with Crippen LogP contribution in [0.5, 0.6) is 0 Å². The maximum Gasteiger partial charge on any atom is 0.183 e. The van der Waals surface area contributed by atoms with Gasteiger partial charge in [0.25, 0.3) is 0 Å². The Morgan fingerprint density at radius 2 is 2.08 bits per heavy atom. The maximum absolute atomic E-state index is 5.65. The van der Waals surface area contributed by atoms with Crippen molar-refractivity contribution in [1.82, 2.24) is 5.43 Å². The zero-order valence-electron chi connectivity index (χ0n) is 7.32. The molecule has 70 valence electrons. The summed E-state index contributed by atoms with van der Waals surface area (Å²) in [4.78, 5) is 0. The predicted octanol–water partition coefficient (Wildman–Crippen LogP) is 0.423. The van der Waals surface area contributed by atoms with Crippen molar-refractivity contribution in [2.24, 2.45) is 11.6 Å². The van der Waals surface area contributed by atoms with Crippen molar-refractivity contribution >= 4 is 23.0 Å². The van der Waals surface area contributed by atoms with E-state index in [1.165, 1.54) is 5.12 Å². The SMILES string of the molecule is Cc1ccccc1N(N)NC(N)=S. The summed E-state index contributed by atoms with van der Waals surface area (Å²) in [6.07, 6.45) is 0. The number of hydrogen-bond donors (Lipinski definition) is 3. The molecule has 0 aromatic heterocycles. The molecule has 0 bridgehead atoms. The van der Waals surface area contributed by atoms with E-state index in [0.717, 1.165) is 11.3 Å². The number of anilines is 1. The summed E-state index contributed by atoms with van der Waals surface area (Å²) in [6.45, 7) is 1.95. The van der Waals surface area contributed by atoms with E-state index in [1.54, 1.807) is 0 Å². The van der Waals surface area contributed by atoms with Crippen LogP contribution in [0.3, 0.4) is 0 Å². The summed E-state index contributed by atoms with van der Waals surface area (Å²) < 4.78 is 0. The standard InChI is InChI=1S/C8H12N4S/c1-6-4-2-3-5-7(6)12(10)11-8(9)13/h2-5H,10H2,1H3,(H3,9,11,13). The summed E-state index contributed by atoms with van der Waals surface area (Å²) in [7, 11) is 0. The molecule has 5 N–H and O–H groups in total. The molecule has 0 fully saturated rings. The third-order valence-corrected chi connectivity index (χ3v) is 1.70. The quantitative estimate of drug-likeness (QED) is 0.363. The molecular formula is C8H12N4S. The van der Waals surface area contributed by atoms with E-state index in [1.807, 2.05) is 31.2 Å². The molecule has 0 atom stereocenters. The number of thiocarbonyl (C=S) groups is 1. The summed E-state index contributed by atoms with van der Waals surface area (Å²) in [5, 5.41) is 1.45. The van der Waals surface area contributed by atoms with Crippen LogP contribution in [0.2, 0.25) is 0 Å². The lowest BCUT2D eigenvalue weighted by atomic mass is 10.2. The third kappa shape index (κ3) is 2.57. The number of hydrazine groups is 2. The van der Waals surface area contributed by atoms with E-state index >= 15 is 0 Å². The van der Waals surface area contributed by atoms with Gasteiger partial charge in [0.1, 0.15) is 0 Å². The van der Waals surface area contributed by atoms with Crippen molar-refractivity contribution in [3.63, 3.8) is 0 Å². The molecule has 0 radical (unpaired) electrons. The van der Waals surface area contributed by atoms with Crippen LogP contribution in [0.15, 0.2) is 24.3 Å². The predicted molar refractivity (Wildman–Crippen MR) is 57.8 cm³/mol. The number of aryl methyl sites for hydroxylation is 1. The molecule has 0 aliphatic carbocycles. The lowest BCUT2D eigenvalue weighted by Crippen LogP contribution is -2.49. The molecule has 1 rings (SSSR count). The Labute approximate surface area is 82.4 Å². The zero-order valence-corrected chi connectivity index (χ0v) is 8.14. The minimum absolute atomic E-state index is 0.144. The van der Waals surface area contributed by atoms with Gasteiger partial charge in [-0.3, -0.25) is 5.43 Å². The number of nitrogens with zero attached hydrogens (tertiary/aromatic N) is 1. The first-order valence-corrected chi connectivity index (χ1v) is 4.18. The first kappa shape index (κ1) is 9.76. The van der Waals surface area contributed by atoms with Crippen molar-refractivity contribution in [1.29, 1.82) is 0 Å². The molecule has 5 heteroatoms. The van der Waals surface area contributed by atoms with Crippen LogP contribution in [-0.2, 0) is 0 Å². The highest BCUT2D eigenvalue weighted by Crippen LogP contribution is 2.14. The van der Waals surface area contributed by atoms with Crippen LogP contribution in [0.1, 0.15) is 5.56 Å². The second-order valence-electron chi connectivity index (χ2n) is 2.63. The molecule has 0 spiro atoms. The van der Waals surface area contributed by atoms with E-state index in [2.05, 4.69) is 17.6 Å². The fraction of sp³-hybridized carbons (Fsp3) is 0.125. The van der Waals surface area contributed by atoms with Gasteiger partial charge in [-0.05, 0) is 30.8 Å². The molecule has 0 heterocycles. The van der Waals surface area contributed by atoms with Gasteiger partial charge in [0.05, 0.1) is 5.69 Å². The van der Waals surface area contributed by atoms with Crippen LogP contribution in [0.25, 0.3) is 0 Å². The molecule has 0 saturated carbocycles. The molecule has 13 heavy (non-hydrogen) atoms. The van der Waals surface area contributed by atoms with E-state index in [-0.39, 0.29) is 5.11 Å².